The van der Waals surface area contributed by atoms with Crippen molar-refractivity contribution in [2.24, 2.45) is 0 Å². The normalized spacial score (nSPS) is 10.0. The minimum Gasteiger partial charge on any atom is -0.459 e. The third-order valence-electron chi connectivity index (χ3n) is 2.45. The molecule has 5 nitrogen and oxygen atoms in total. The highest BCUT2D eigenvalue weighted by Gasteiger charge is 2.15. The van der Waals surface area contributed by atoms with E-state index in [4.69, 9.17) is 16.0 Å². The number of nitrogens with one attached hydrogen (secondary N) is 2. The number of hydrogen-bond acceptors (Lipinski definition) is 3. The quantitative estimate of drug-likeness (QED) is 0.906. The van der Waals surface area contributed by atoms with E-state index in [0.717, 1.165) is 0 Å². The lowest BCUT2D eigenvalue weighted by Crippen LogP contribution is -2.21. The second-order valence-electron chi connectivity index (χ2n) is 3.70. The van der Waals surface area contributed by atoms with Crippen molar-refractivity contribution in [1.82, 2.24) is 5.32 Å². The molecule has 0 unspecified atom stereocenters. The standard InChI is InChI=1S/C13H11ClN2O3/c1-15-12(17)9-7-8(14)4-5-10(9)16-13(18)11-3-2-6-19-11/h2-7H,1H3,(H,15,17)(H,16,18). The molecule has 0 aliphatic carbocycles. The lowest BCUT2D eigenvalue weighted by Gasteiger charge is -2.09. The van der Waals surface area contributed by atoms with Gasteiger partial charge in [0.2, 0.25) is 0 Å². The fraction of sp³-hybridized carbons (Fsp3) is 0.0769. The fourth-order valence-corrected chi connectivity index (χ4v) is 1.71. The largest absolute Gasteiger partial charge is 0.459 e. The number of hydrogen-bond donors (Lipinski definition) is 2. The first-order valence-corrected chi connectivity index (χ1v) is 5.86. The van der Waals surface area contributed by atoms with Gasteiger partial charge in [0, 0.05) is 12.1 Å². The zero-order valence-electron chi connectivity index (χ0n) is 10.1. The maximum atomic E-state index is 11.9. The number of rotatable bonds is 3. The van der Waals surface area contributed by atoms with Gasteiger partial charge in [-0.15, -0.1) is 0 Å². The Morgan fingerprint density at radius 2 is 2.00 bits per heavy atom. The minimum absolute atomic E-state index is 0.165. The Kier molecular flexibility index (Phi) is 3.87. The van der Waals surface area contributed by atoms with Crippen molar-refractivity contribution < 1.29 is 14.0 Å². The van der Waals surface area contributed by atoms with Crippen LogP contribution in [-0.4, -0.2) is 18.9 Å². The molecule has 2 rings (SSSR count). The van der Waals surface area contributed by atoms with Crippen molar-refractivity contribution in [3.05, 3.63) is 52.9 Å². The van der Waals surface area contributed by atoms with Crippen molar-refractivity contribution >= 4 is 29.1 Å². The Morgan fingerprint density at radius 3 is 2.63 bits per heavy atom. The van der Waals surface area contributed by atoms with Crippen LogP contribution in [0.3, 0.4) is 0 Å². The van der Waals surface area contributed by atoms with Gasteiger partial charge in [-0.25, -0.2) is 0 Å². The second-order valence-corrected chi connectivity index (χ2v) is 4.14. The van der Waals surface area contributed by atoms with E-state index in [9.17, 15) is 9.59 Å². The third-order valence-corrected chi connectivity index (χ3v) is 2.68. The van der Waals surface area contributed by atoms with Crippen LogP contribution in [-0.2, 0) is 0 Å². The summed E-state index contributed by atoms with van der Waals surface area (Å²) in [4.78, 5) is 23.6. The van der Waals surface area contributed by atoms with Gasteiger partial charge in [-0.2, -0.15) is 0 Å². The molecule has 1 aromatic carbocycles. The molecule has 1 heterocycles. The molecule has 19 heavy (non-hydrogen) atoms. The van der Waals surface area contributed by atoms with Crippen molar-refractivity contribution in [3.63, 3.8) is 0 Å². The van der Waals surface area contributed by atoms with Crippen LogP contribution in [0.4, 0.5) is 5.69 Å². The predicted molar refractivity (Wildman–Crippen MR) is 71.5 cm³/mol. The van der Waals surface area contributed by atoms with E-state index in [1.54, 1.807) is 18.2 Å². The molecule has 0 spiro atoms. The molecule has 0 atom stereocenters. The summed E-state index contributed by atoms with van der Waals surface area (Å²) < 4.78 is 4.98. The molecule has 2 amide bonds. The van der Waals surface area contributed by atoms with Crippen molar-refractivity contribution in [2.75, 3.05) is 12.4 Å². The lowest BCUT2D eigenvalue weighted by molar-refractivity contribution is 0.0964. The topological polar surface area (TPSA) is 71.3 Å². The molecular formula is C13H11ClN2O3. The van der Waals surface area contributed by atoms with Crippen LogP contribution >= 0.6 is 11.6 Å². The average Bonchev–Trinajstić information content (AvgIpc) is 2.94. The summed E-state index contributed by atoms with van der Waals surface area (Å²) in [6, 6.07) is 7.78. The van der Waals surface area contributed by atoms with Crippen molar-refractivity contribution in [2.45, 2.75) is 0 Å². The molecule has 1 aromatic heterocycles. The van der Waals surface area contributed by atoms with Crippen LogP contribution in [0.25, 0.3) is 0 Å². The molecule has 2 aromatic rings. The molecule has 0 fully saturated rings. The first-order chi connectivity index (χ1) is 9.11. The van der Waals surface area contributed by atoms with Crippen molar-refractivity contribution in [1.29, 1.82) is 0 Å². The smallest absolute Gasteiger partial charge is 0.291 e. The summed E-state index contributed by atoms with van der Waals surface area (Å²) in [6.07, 6.45) is 1.40. The molecule has 0 aliphatic rings. The predicted octanol–water partition coefficient (Wildman–Crippen LogP) is 2.54. The summed E-state index contributed by atoms with van der Waals surface area (Å²) in [5, 5.41) is 5.50. The van der Waals surface area contributed by atoms with Crippen LogP contribution in [0, 0.1) is 0 Å². The Hall–Kier alpha value is -2.27. The van der Waals surface area contributed by atoms with Gasteiger partial charge in [0.05, 0.1) is 17.5 Å². The Labute approximate surface area is 114 Å². The molecule has 0 bridgehead atoms. The highest BCUT2D eigenvalue weighted by atomic mass is 35.5. The van der Waals surface area contributed by atoms with Gasteiger partial charge in [-0.1, -0.05) is 11.6 Å². The van der Waals surface area contributed by atoms with Crippen molar-refractivity contribution in [3.8, 4) is 0 Å². The van der Waals surface area contributed by atoms with E-state index in [2.05, 4.69) is 10.6 Å². The van der Waals surface area contributed by atoms with Gasteiger partial charge in [0.1, 0.15) is 0 Å². The maximum absolute atomic E-state index is 11.9. The van der Waals surface area contributed by atoms with Crippen LogP contribution in [0.2, 0.25) is 5.02 Å². The Bertz CT molecular complexity index is 608. The number of benzene rings is 1. The zero-order chi connectivity index (χ0) is 13.8. The van der Waals surface area contributed by atoms with Crippen LogP contribution in [0.5, 0.6) is 0 Å². The number of anilines is 1. The van der Waals surface area contributed by atoms with Crippen LogP contribution in [0.15, 0.2) is 41.0 Å². The zero-order valence-corrected chi connectivity index (χ0v) is 10.8. The number of halogens is 1. The molecule has 0 saturated carbocycles. The molecule has 6 heteroatoms. The lowest BCUT2D eigenvalue weighted by atomic mass is 10.1. The molecule has 98 valence electrons. The van der Waals surface area contributed by atoms with Gasteiger partial charge < -0.3 is 15.1 Å². The number of carbonyl (C=O) groups excluding carboxylic acids is 2. The monoisotopic (exact) mass is 278 g/mol. The molecule has 2 N–H and O–H groups in total. The minimum atomic E-state index is -0.433. The fourth-order valence-electron chi connectivity index (χ4n) is 1.54. The molecule has 0 aliphatic heterocycles. The van der Waals surface area contributed by atoms with Crippen LogP contribution < -0.4 is 10.6 Å². The molecule has 0 radical (unpaired) electrons. The SMILES string of the molecule is CNC(=O)c1cc(Cl)ccc1NC(=O)c1ccco1. The summed E-state index contributed by atoms with van der Waals surface area (Å²) >= 11 is 5.84. The number of carbonyl (C=O) groups is 2. The van der Waals surface area contributed by atoms with Gasteiger partial charge in [0.15, 0.2) is 5.76 Å². The highest BCUT2D eigenvalue weighted by Crippen LogP contribution is 2.21. The molecular weight excluding hydrogens is 268 g/mol. The summed E-state index contributed by atoms with van der Waals surface area (Å²) in [6.45, 7) is 0. The maximum Gasteiger partial charge on any atom is 0.291 e. The summed E-state index contributed by atoms with van der Waals surface area (Å²) in [7, 11) is 1.50. The van der Waals surface area contributed by atoms with E-state index in [-0.39, 0.29) is 17.2 Å². The number of furan rings is 1. The average molecular weight is 279 g/mol. The summed E-state index contributed by atoms with van der Waals surface area (Å²) in [5.41, 5.74) is 0.653. The number of amides is 2. The Morgan fingerprint density at radius 1 is 1.21 bits per heavy atom. The highest BCUT2D eigenvalue weighted by molar-refractivity contribution is 6.31. The van der Waals surface area contributed by atoms with Gasteiger partial charge >= 0.3 is 0 Å². The van der Waals surface area contributed by atoms with Gasteiger partial charge in [-0.05, 0) is 30.3 Å². The van der Waals surface area contributed by atoms with Gasteiger partial charge in [0.25, 0.3) is 11.8 Å². The van der Waals surface area contributed by atoms with E-state index in [1.807, 2.05) is 0 Å². The first-order valence-electron chi connectivity index (χ1n) is 5.48. The Balaban J connectivity index is 2.29. The first kappa shape index (κ1) is 13.2. The van der Waals surface area contributed by atoms with Crippen LogP contribution in [0.1, 0.15) is 20.9 Å². The van der Waals surface area contributed by atoms with Gasteiger partial charge in [-0.3, -0.25) is 9.59 Å². The third kappa shape index (κ3) is 2.95. The van der Waals surface area contributed by atoms with E-state index in [0.29, 0.717) is 10.7 Å². The molecule has 0 saturated heterocycles. The van der Waals surface area contributed by atoms with E-state index < -0.39 is 5.91 Å². The van der Waals surface area contributed by atoms with E-state index >= 15 is 0 Å². The second kappa shape index (κ2) is 5.58. The summed E-state index contributed by atoms with van der Waals surface area (Å²) in [5.74, 6) is -0.604. The van der Waals surface area contributed by atoms with E-state index in [1.165, 1.54) is 25.4 Å².